The van der Waals surface area contributed by atoms with Crippen molar-refractivity contribution in [2.45, 2.75) is 6.92 Å². The number of aromatic nitrogens is 2. The topological polar surface area (TPSA) is 69.3 Å². The molecule has 0 aliphatic carbocycles. The molecule has 1 N–H and O–H groups in total. The van der Waals surface area contributed by atoms with Crippen molar-refractivity contribution in [1.82, 2.24) is 20.0 Å². The van der Waals surface area contributed by atoms with Crippen LogP contribution in [0.15, 0.2) is 36.5 Å². The average molecular weight is 298 g/mol. The highest BCUT2D eigenvalue weighted by Crippen LogP contribution is 2.19. The number of benzene rings is 1. The third-order valence-electron chi connectivity index (χ3n) is 3.93. The summed E-state index contributed by atoms with van der Waals surface area (Å²) in [4.78, 5) is 27.5. The number of nitrogens with zero attached hydrogens (tertiary/aromatic N) is 3. The molecule has 2 heterocycles. The van der Waals surface area contributed by atoms with E-state index in [1.807, 2.05) is 30.3 Å². The van der Waals surface area contributed by atoms with Crippen molar-refractivity contribution in [3.05, 3.63) is 42.1 Å². The molecule has 6 nitrogen and oxygen atoms in total. The summed E-state index contributed by atoms with van der Waals surface area (Å²) in [5, 5.41) is 6.83. The molecule has 1 aliphatic rings. The number of rotatable bonds is 2. The lowest BCUT2D eigenvalue weighted by atomic mass is 10.1. The van der Waals surface area contributed by atoms with E-state index in [2.05, 4.69) is 10.2 Å². The highest BCUT2D eigenvalue weighted by molar-refractivity contribution is 5.95. The number of hydrogen-bond acceptors (Lipinski definition) is 3. The van der Waals surface area contributed by atoms with Gasteiger partial charge in [0.05, 0.1) is 5.69 Å². The van der Waals surface area contributed by atoms with Gasteiger partial charge < -0.3 is 9.80 Å². The summed E-state index contributed by atoms with van der Waals surface area (Å²) >= 11 is 0. The van der Waals surface area contributed by atoms with Crippen molar-refractivity contribution in [1.29, 1.82) is 0 Å². The molecular formula is C16H18N4O2. The molecule has 1 fully saturated rings. The van der Waals surface area contributed by atoms with Gasteiger partial charge in [-0.1, -0.05) is 12.1 Å². The standard InChI is InChI=1S/C16H18N4O2/c1-12(21)19-7-9-20(10-8-19)16(22)14-4-2-3-13(11-14)15-5-6-17-18-15/h2-6,11H,7-10H2,1H3,(H,17,18). The summed E-state index contributed by atoms with van der Waals surface area (Å²) in [6.07, 6.45) is 1.69. The van der Waals surface area contributed by atoms with E-state index in [9.17, 15) is 9.59 Å². The Morgan fingerprint density at radius 3 is 2.45 bits per heavy atom. The van der Waals surface area contributed by atoms with Gasteiger partial charge in [-0.15, -0.1) is 0 Å². The summed E-state index contributed by atoms with van der Waals surface area (Å²) in [6.45, 7) is 3.91. The van der Waals surface area contributed by atoms with Gasteiger partial charge in [0.1, 0.15) is 0 Å². The van der Waals surface area contributed by atoms with Gasteiger partial charge in [-0.05, 0) is 18.2 Å². The van der Waals surface area contributed by atoms with E-state index < -0.39 is 0 Å². The molecule has 1 aromatic heterocycles. The quantitative estimate of drug-likeness (QED) is 0.910. The smallest absolute Gasteiger partial charge is 0.253 e. The molecule has 1 aromatic carbocycles. The maximum atomic E-state index is 12.6. The van der Waals surface area contributed by atoms with E-state index in [1.165, 1.54) is 0 Å². The number of H-pyrrole nitrogens is 1. The Morgan fingerprint density at radius 1 is 1.09 bits per heavy atom. The minimum Gasteiger partial charge on any atom is -0.339 e. The second kappa shape index (κ2) is 6.01. The van der Waals surface area contributed by atoms with Crippen LogP contribution < -0.4 is 0 Å². The number of piperazine rings is 1. The third kappa shape index (κ3) is 2.86. The maximum absolute atomic E-state index is 12.6. The summed E-state index contributed by atoms with van der Waals surface area (Å²) in [7, 11) is 0. The Kier molecular flexibility index (Phi) is 3.91. The summed E-state index contributed by atoms with van der Waals surface area (Å²) in [5.74, 6) is 0.0675. The molecule has 0 atom stereocenters. The van der Waals surface area contributed by atoms with Crippen molar-refractivity contribution >= 4 is 11.8 Å². The zero-order valence-electron chi connectivity index (χ0n) is 12.5. The van der Waals surface area contributed by atoms with Gasteiger partial charge in [0, 0.05) is 50.4 Å². The second-order valence-electron chi connectivity index (χ2n) is 5.35. The first-order chi connectivity index (χ1) is 10.6. The fourth-order valence-corrected chi connectivity index (χ4v) is 2.64. The van der Waals surface area contributed by atoms with E-state index in [1.54, 1.807) is 22.9 Å². The van der Waals surface area contributed by atoms with Crippen molar-refractivity contribution in [3.8, 4) is 11.3 Å². The second-order valence-corrected chi connectivity index (χ2v) is 5.35. The van der Waals surface area contributed by atoms with Crippen LogP contribution in [0, 0.1) is 0 Å². The van der Waals surface area contributed by atoms with E-state index in [0.29, 0.717) is 31.7 Å². The first-order valence-electron chi connectivity index (χ1n) is 7.30. The van der Waals surface area contributed by atoms with Gasteiger partial charge in [-0.25, -0.2) is 0 Å². The fraction of sp³-hybridized carbons (Fsp3) is 0.312. The predicted molar refractivity (Wildman–Crippen MR) is 82.2 cm³/mol. The van der Waals surface area contributed by atoms with Gasteiger partial charge >= 0.3 is 0 Å². The van der Waals surface area contributed by atoms with E-state index >= 15 is 0 Å². The lowest BCUT2D eigenvalue weighted by Crippen LogP contribution is -2.50. The third-order valence-corrected chi connectivity index (χ3v) is 3.93. The first kappa shape index (κ1) is 14.3. The van der Waals surface area contributed by atoms with Crippen LogP contribution in [0.4, 0.5) is 0 Å². The van der Waals surface area contributed by atoms with E-state index in [4.69, 9.17) is 0 Å². The molecule has 22 heavy (non-hydrogen) atoms. The van der Waals surface area contributed by atoms with Crippen LogP contribution in [0.2, 0.25) is 0 Å². The monoisotopic (exact) mass is 298 g/mol. The predicted octanol–water partition coefficient (Wildman–Crippen LogP) is 1.38. The maximum Gasteiger partial charge on any atom is 0.253 e. The van der Waals surface area contributed by atoms with Crippen molar-refractivity contribution < 1.29 is 9.59 Å². The molecule has 1 aliphatic heterocycles. The zero-order chi connectivity index (χ0) is 15.5. The Hall–Kier alpha value is -2.63. The Bertz CT molecular complexity index is 673. The van der Waals surface area contributed by atoms with Crippen LogP contribution >= 0.6 is 0 Å². The van der Waals surface area contributed by atoms with Crippen molar-refractivity contribution in [2.75, 3.05) is 26.2 Å². The van der Waals surface area contributed by atoms with Crippen LogP contribution in [0.25, 0.3) is 11.3 Å². The van der Waals surface area contributed by atoms with Gasteiger partial charge in [0.25, 0.3) is 5.91 Å². The summed E-state index contributed by atoms with van der Waals surface area (Å²) < 4.78 is 0. The Balaban J connectivity index is 1.73. The molecule has 1 saturated heterocycles. The molecular weight excluding hydrogens is 280 g/mol. The molecule has 0 unspecified atom stereocenters. The van der Waals surface area contributed by atoms with Crippen molar-refractivity contribution in [3.63, 3.8) is 0 Å². The zero-order valence-corrected chi connectivity index (χ0v) is 12.5. The van der Waals surface area contributed by atoms with Crippen LogP contribution in [0.5, 0.6) is 0 Å². The molecule has 2 aromatic rings. The molecule has 0 radical (unpaired) electrons. The normalized spacial score (nSPS) is 15.0. The lowest BCUT2D eigenvalue weighted by Gasteiger charge is -2.34. The van der Waals surface area contributed by atoms with Gasteiger partial charge in [-0.2, -0.15) is 5.10 Å². The van der Waals surface area contributed by atoms with E-state index in [-0.39, 0.29) is 11.8 Å². The summed E-state index contributed by atoms with van der Waals surface area (Å²) in [6, 6.07) is 9.37. The molecule has 0 saturated carbocycles. The number of hydrogen-bond donors (Lipinski definition) is 1. The van der Waals surface area contributed by atoms with Gasteiger partial charge in [0.2, 0.25) is 5.91 Å². The molecule has 114 valence electrons. The van der Waals surface area contributed by atoms with E-state index in [0.717, 1.165) is 11.3 Å². The minimum atomic E-state index is 0.00423. The first-order valence-corrected chi connectivity index (χ1v) is 7.30. The van der Waals surface area contributed by atoms with Crippen molar-refractivity contribution in [2.24, 2.45) is 0 Å². The van der Waals surface area contributed by atoms with Crippen LogP contribution in [0.3, 0.4) is 0 Å². The number of carbonyl (C=O) groups excluding carboxylic acids is 2. The number of carbonyl (C=O) groups is 2. The lowest BCUT2D eigenvalue weighted by molar-refractivity contribution is -0.130. The molecule has 0 bridgehead atoms. The van der Waals surface area contributed by atoms with Crippen LogP contribution in [0.1, 0.15) is 17.3 Å². The minimum absolute atomic E-state index is 0.00423. The Labute approximate surface area is 128 Å². The number of nitrogens with one attached hydrogen (secondary N) is 1. The average Bonchev–Trinajstić information content (AvgIpc) is 3.09. The SMILES string of the molecule is CC(=O)N1CCN(C(=O)c2cccc(-c3ccn[nH]3)c2)CC1. The van der Waals surface area contributed by atoms with Gasteiger partial charge in [-0.3, -0.25) is 14.7 Å². The highest BCUT2D eigenvalue weighted by atomic mass is 16.2. The number of aromatic amines is 1. The molecule has 2 amide bonds. The molecule has 6 heteroatoms. The fourth-order valence-electron chi connectivity index (χ4n) is 2.64. The highest BCUT2D eigenvalue weighted by Gasteiger charge is 2.23. The molecule has 3 rings (SSSR count). The summed E-state index contributed by atoms with van der Waals surface area (Å²) in [5.41, 5.74) is 2.48. The van der Waals surface area contributed by atoms with Crippen LogP contribution in [-0.2, 0) is 4.79 Å². The Morgan fingerprint density at radius 2 is 1.82 bits per heavy atom. The largest absolute Gasteiger partial charge is 0.339 e. The molecule has 0 spiro atoms. The van der Waals surface area contributed by atoms with Gasteiger partial charge in [0.15, 0.2) is 0 Å². The van der Waals surface area contributed by atoms with Crippen LogP contribution in [-0.4, -0.2) is 58.0 Å². The number of amides is 2.